The number of rotatable bonds is 6. The van der Waals surface area contributed by atoms with Crippen LogP contribution in [0, 0.1) is 11.8 Å². The Hall–Kier alpha value is -2.04. The van der Waals surface area contributed by atoms with Crippen LogP contribution in [0.25, 0.3) is 0 Å². The van der Waals surface area contributed by atoms with Gasteiger partial charge in [-0.05, 0) is 61.8 Å². The molecule has 1 aromatic rings. The van der Waals surface area contributed by atoms with Crippen molar-refractivity contribution in [3.8, 4) is 0 Å². The molecule has 5 heteroatoms. The molecule has 2 amide bonds. The molecule has 2 saturated carbocycles. The zero-order valence-corrected chi connectivity index (χ0v) is 12.0. The molecule has 0 bridgehead atoms. The molecule has 0 atom stereocenters. The van der Waals surface area contributed by atoms with Crippen LogP contribution >= 0.6 is 0 Å². The van der Waals surface area contributed by atoms with Crippen molar-refractivity contribution in [3.63, 3.8) is 0 Å². The minimum Gasteiger partial charge on any atom is -0.399 e. The zero-order chi connectivity index (χ0) is 14.8. The molecular formula is C16H21N3O2. The van der Waals surface area contributed by atoms with Gasteiger partial charge in [0.05, 0.1) is 6.54 Å². The van der Waals surface area contributed by atoms with Crippen molar-refractivity contribution in [1.82, 2.24) is 10.6 Å². The van der Waals surface area contributed by atoms with Crippen LogP contribution in [0.15, 0.2) is 24.3 Å². The van der Waals surface area contributed by atoms with Crippen LogP contribution in [0.5, 0.6) is 0 Å². The molecule has 21 heavy (non-hydrogen) atoms. The first-order chi connectivity index (χ1) is 10.1. The van der Waals surface area contributed by atoms with E-state index < -0.39 is 0 Å². The number of hydrogen-bond acceptors (Lipinski definition) is 3. The average Bonchev–Trinajstić information content (AvgIpc) is 3.36. The molecule has 112 valence electrons. The maximum atomic E-state index is 12.0. The lowest BCUT2D eigenvalue weighted by Crippen LogP contribution is -2.43. The first-order valence-corrected chi connectivity index (χ1v) is 7.56. The van der Waals surface area contributed by atoms with Crippen molar-refractivity contribution >= 4 is 17.5 Å². The van der Waals surface area contributed by atoms with E-state index in [-0.39, 0.29) is 18.4 Å². The summed E-state index contributed by atoms with van der Waals surface area (Å²) in [6.45, 7) is 0.0269. The van der Waals surface area contributed by atoms with Crippen LogP contribution in [0.2, 0.25) is 0 Å². The topological polar surface area (TPSA) is 84.2 Å². The van der Waals surface area contributed by atoms with Crippen LogP contribution in [0.3, 0.4) is 0 Å². The molecule has 5 nitrogen and oxygen atoms in total. The van der Waals surface area contributed by atoms with E-state index in [2.05, 4.69) is 10.6 Å². The summed E-state index contributed by atoms with van der Waals surface area (Å²) in [5.41, 5.74) is 6.70. The highest BCUT2D eigenvalue weighted by atomic mass is 16.2. The van der Waals surface area contributed by atoms with E-state index in [4.69, 9.17) is 5.73 Å². The lowest BCUT2D eigenvalue weighted by atomic mass is 10.1. The van der Waals surface area contributed by atoms with Crippen LogP contribution in [-0.4, -0.2) is 24.4 Å². The number of amides is 2. The highest BCUT2D eigenvalue weighted by molar-refractivity contribution is 5.96. The van der Waals surface area contributed by atoms with Gasteiger partial charge in [-0.3, -0.25) is 9.59 Å². The first-order valence-electron chi connectivity index (χ1n) is 7.56. The van der Waals surface area contributed by atoms with Crippen LogP contribution < -0.4 is 16.4 Å². The van der Waals surface area contributed by atoms with Gasteiger partial charge in [-0.25, -0.2) is 0 Å². The summed E-state index contributed by atoms with van der Waals surface area (Å²) >= 11 is 0. The van der Waals surface area contributed by atoms with Crippen molar-refractivity contribution in [3.05, 3.63) is 29.8 Å². The van der Waals surface area contributed by atoms with E-state index in [0.29, 0.717) is 29.1 Å². The SMILES string of the molecule is Nc1ccc(C(=O)NCC(=O)NC(C2CC2)C2CC2)cc1. The Labute approximate surface area is 124 Å². The highest BCUT2D eigenvalue weighted by Gasteiger charge is 2.42. The number of nitrogen functional groups attached to an aromatic ring is 1. The fraction of sp³-hybridized carbons (Fsp3) is 0.500. The molecular weight excluding hydrogens is 266 g/mol. The summed E-state index contributed by atoms with van der Waals surface area (Å²) in [4.78, 5) is 23.9. The Kier molecular flexibility index (Phi) is 3.82. The maximum Gasteiger partial charge on any atom is 0.251 e. The second-order valence-electron chi connectivity index (χ2n) is 6.07. The maximum absolute atomic E-state index is 12.0. The van der Waals surface area contributed by atoms with E-state index >= 15 is 0 Å². The third kappa shape index (κ3) is 3.74. The van der Waals surface area contributed by atoms with Crippen LogP contribution in [0.4, 0.5) is 5.69 Å². The molecule has 1 aromatic carbocycles. The predicted octanol–water partition coefficient (Wildman–Crippen LogP) is 1.30. The Morgan fingerprint density at radius 2 is 1.67 bits per heavy atom. The van der Waals surface area contributed by atoms with Gasteiger partial charge in [0.1, 0.15) is 0 Å². The van der Waals surface area contributed by atoms with Crippen molar-refractivity contribution in [2.45, 2.75) is 31.7 Å². The molecule has 0 saturated heterocycles. The smallest absolute Gasteiger partial charge is 0.251 e. The van der Waals surface area contributed by atoms with Gasteiger partial charge in [-0.1, -0.05) is 0 Å². The Balaban J connectivity index is 1.46. The van der Waals surface area contributed by atoms with Crippen molar-refractivity contribution in [2.75, 3.05) is 12.3 Å². The van der Waals surface area contributed by atoms with Gasteiger partial charge < -0.3 is 16.4 Å². The number of carbonyl (C=O) groups is 2. The summed E-state index contributed by atoms with van der Waals surface area (Å²) < 4.78 is 0. The molecule has 2 fully saturated rings. The molecule has 0 spiro atoms. The zero-order valence-electron chi connectivity index (χ0n) is 12.0. The minimum atomic E-state index is -0.250. The summed E-state index contributed by atoms with van der Waals surface area (Å²) in [5.74, 6) is 0.977. The van der Waals surface area contributed by atoms with Crippen LogP contribution in [0.1, 0.15) is 36.0 Å². The molecule has 0 aromatic heterocycles. The number of benzene rings is 1. The summed E-state index contributed by atoms with van der Waals surface area (Å²) in [7, 11) is 0. The van der Waals surface area contributed by atoms with E-state index in [1.54, 1.807) is 24.3 Å². The number of nitrogens with two attached hydrogens (primary N) is 1. The summed E-state index contributed by atoms with van der Waals surface area (Å²) in [6, 6.07) is 6.97. The second-order valence-corrected chi connectivity index (χ2v) is 6.07. The molecule has 0 aliphatic heterocycles. The fourth-order valence-corrected chi connectivity index (χ4v) is 2.67. The summed E-state index contributed by atoms with van der Waals surface area (Å²) in [5, 5.41) is 5.73. The predicted molar refractivity (Wildman–Crippen MR) is 80.6 cm³/mol. The fourth-order valence-electron chi connectivity index (χ4n) is 2.67. The Bertz CT molecular complexity index is 521. The van der Waals surface area contributed by atoms with Gasteiger partial charge in [0.15, 0.2) is 0 Å². The van der Waals surface area contributed by atoms with Gasteiger partial charge in [-0.15, -0.1) is 0 Å². The monoisotopic (exact) mass is 287 g/mol. The second kappa shape index (κ2) is 5.76. The Morgan fingerprint density at radius 3 is 2.19 bits per heavy atom. The Morgan fingerprint density at radius 1 is 1.10 bits per heavy atom. The normalized spacial score (nSPS) is 17.6. The largest absolute Gasteiger partial charge is 0.399 e. The molecule has 4 N–H and O–H groups in total. The van der Waals surface area contributed by atoms with E-state index in [1.165, 1.54) is 25.7 Å². The summed E-state index contributed by atoms with van der Waals surface area (Å²) in [6.07, 6.45) is 4.89. The lowest BCUT2D eigenvalue weighted by Gasteiger charge is -2.17. The number of carbonyl (C=O) groups excluding carboxylic acids is 2. The lowest BCUT2D eigenvalue weighted by molar-refractivity contribution is -0.121. The highest BCUT2D eigenvalue weighted by Crippen LogP contribution is 2.44. The first kappa shape index (κ1) is 13.9. The molecule has 0 unspecified atom stereocenters. The quantitative estimate of drug-likeness (QED) is 0.690. The third-order valence-corrected chi connectivity index (χ3v) is 4.17. The van der Waals surface area contributed by atoms with E-state index in [9.17, 15) is 9.59 Å². The van der Waals surface area contributed by atoms with Gasteiger partial charge >= 0.3 is 0 Å². The van der Waals surface area contributed by atoms with E-state index in [0.717, 1.165) is 0 Å². The van der Waals surface area contributed by atoms with Gasteiger partial charge in [-0.2, -0.15) is 0 Å². The van der Waals surface area contributed by atoms with Crippen molar-refractivity contribution in [1.29, 1.82) is 0 Å². The molecule has 2 aliphatic carbocycles. The average molecular weight is 287 g/mol. The minimum absolute atomic E-state index is 0.0269. The van der Waals surface area contributed by atoms with Crippen molar-refractivity contribution < 1.29 is 9.59 Å². The molecule has 2 aliphatic rings. The number of anilines is 1. The molecule has 0 radical (unpaired) electrons. The van der Waals surface area contributed by atoms with E-state index in [1.807, 2.05) is 0 Å². The molecule has 0 heterocycles. The molecule has 3 rings (SSSR count). The van der Waals surface area contributed by atoms with Gasteiger partial charge in [0.25, 0.3) is 5.91 Å². The number of hydrogen-bond donors (Lipinski definition) is 3. The van der Waals surface area contributed by atoms with Crippen LogP contribution in [-0.2, 0) is 4.79 Å². The standard InChI is InChI=1S/C16H21N3O2/c17-13-7-5-12(6-8-13)16(21)18-9-14(20)19-15(10-1-2-10)11-3-4-11/h5-8,10-11,15H,1-4,9,17H2,(H,18,21)(H,19,20). The van der Waals surface area contributed by atoms with Crippen molar-refractivity contribution in [2.24, 2.45) is 11.8 Å². The van der Waals surface area contributed by atoms with Gasteiger partial charge in [0.2, 0.25) is 5.91 Å². The van der Waals surface area contributed by atoms with Gasteiger partial charge in [0, 0.05) is 17.3 Å². The third-order valence-electron chi connectivity index (χ3n) is 4.17. The number of nitrogens with one attached hydrogen (secondary N) is 2.